The Kier molecular flexibility index (Phi) is 2.40. The summed E-state index contributed by atoms with van der Waals surface area (Å²) in [5.74, 6) is 0. The quantitative estimate of drug-likeness (QED) is 0.531. The standard InChI is InChI=1S/C4H8NO2/c1-3-4(2)5(6)7/h6H,2-3H2,1H3/q-1. The van der Waals surface area contributed by atoms with E-state index in [0.717, 1.165) is 0 Å². The third-order valence-electron chi connectivity index (χ3n) is 0.679. The largest absolute Gasteiger partial charge is 0.734 e. The van der Waals surface area contributed by atoms with Crippen molar-refractivity contribution in [2.24, 2.45) is 0 Å². The van der Waals surface area contributed by atoms with Crippen molar-refractivity contribution in [2.75, 3.05) is 0 Å². The number of hydroxylamine groups is 2. The first-order chi connectivity index (χ1) is 3.18. The van der Waals surface area contributed by atoms with E-state index in [4.69, 9.17) is 5.21 Å². The van der Waals surface area contributed by atoms with Crippen molar-refractivity contribution in [3.63, 3.8) is 0 Å². The lowest BCUT2D eigenvalue weighted by molar-refractivity contribution is -0.00578. The van der Waals surface area contributed by atoms with Crippen LogP contribution < -0.4 is 0 Å². The van der Waals surface area contributed by atoms with Gasteiger partial charge in [-0.3, -0.25) is 5.21 Å². The van der Waals surface area contributed by atoms with Gasteiger partial charge < -0.3 is 10.4 Å². The molecule has 0 aromatic heterocycles. The van der Waals surface area contributed by atoms with Crippen LogP contribution in [-0.2, 0) is 0 Å². The van der Waals surface area contributed by atoms with E-state index in [1.165, 1.54) is 0 Å². The lowest BCUT2D eigenvalue weighted by atomic mass is 10.4. The van der Waals surface area contributed by atoms with Gasteiger partial charge in [-0.05, 0) is 6.42 Å². The second kappa shape index (κ2) is 2.60. The van der Waals surface area contributed by atoms with Gasteiger partial charge in [0.1, 0.15) is 0 Å². The number of nitrogens with zero attached hydrogens (tertiary/aromatic N) is 1. The zero-order chi connectivity index (χ0) is 5.86. The molecule has 0 aromatic rings. The lowest BCUT2D eigenvalue weighted by Gasteiger charge is -2.22. The van der Waals surface area contributed by atoms with Crippen LogP contribution in [0.15, 0.2) is 12.3 Å². The van der Waals surface area contributed by atoms with Crippen molar-refractivity contribution in [2.45, 2.75) is 13.3 Å². The SMILES string of the molecule is C=C(CC)N([O-])O. The van der Waals surface area contributed by atoms with Crippen molar-refractivity contribution < 1.29 is 5.21 Å². The molecule has 0 aliphatic heterocycles. The Morgan fingerprint density at radius 3 is 2.43 bits per heavy atom. The number of rotatable bonds is 2. The predicted molar refractivity (Wildman–Crippen MR) is 26.4 cm³/mol. The summed E-state index contributed by atoms with van der Waals surface area (Å²) in [5, 5.41) is 17.5. The maximum Gasteiger partial charge on any atom is 0.0208 e. The highest BCUT2D eigenvalue weighted by atomic mass is 16.8. The molecule has 0 amide bonds. The Bertz CT molecular complexity index is 70.1. The van der Waals surface area contributed by atoms with Gasteiger partial charge >= 0.3 is 0 Å². The maximum absolute atomic E-state index is 9.75. The summed E-state index contributed by atoms with van der Waals surface area (Å²) in [6, 6.07) is 0. The van der Waals surface area contributed by atoms with E-state index in [-0.39, 0.29) is 10.9 Å². The number of hydrogen-bond acceptors (Lipinski definition) is 3. The molecule has 3 nitrogen and oxygen atoms in total. The van der Waals surface area contributed by atoms with Crippen LogP contribution in [-0.4, -0.2) is 10.4 Å². The van der Waals surface area contributed by atoms with Crippen molar-refractivity contribution in [1.82, 2.24) is 5.23 Å². The molecule has 0 atom stereocenters. The van der Waals surface area contributed by atoms with E-state index in [1.807, 2.05) is 0 Å². The zero-order valence-corrected chi connectivity index (χ0v) is 4.22. The van der Waals surface area contributed by atoms with Crippen LogP contribution in [0.25, 0.3) is 0 Å². The molecule has 0 radical (unpaired) electrons. The maximum atomic E-state index is 9.75. The summed E-state index contributed by atoms with van der Waals surface area (Å²) in [7, 11) is 0. The van der Waals surface area contributed by atoms with E-state index >= 15 is 0 Å². The minimum atomic E-state index is -0.222. The van der Waals surface area contributed by atoms with E-state index in [2.05, 4.69) is 6.58 Å². The third-order valence-corrected chi connectivity index (χ3v) is 0.679. The smallest absolute Gasteiger partial charge is 0.0208 e. The first kappa shape index (κ1) is 6.46. The van der Waals surface area contributed by atoms with Crippen LogP contribution in [0.3, 0.4) is 0 Å². The van der Waals surface area contributed by atoms with E-state index < -0.39 is 0 Å². The van der Waals surface area contributed by atoms with Crippen LogP contribution in [0.4, 0.5) is 0 Å². The van der Waals surface area contributed by atoms with Crippen LogP contribution in [0.1, 0.15) is 13.3 Å². The Morgan fingerprint density at radius 1 is 2.00 bits per heavy atom. The lowest BCUT2D eigenvalue weighted by Crippen LogP contribution is -2.06. The van der Waals surface area contributed by atoms with Crippen LogP contribution >= 0.6 is 0 Å². The van der Waals surface area contributed by atoms with Gasteiger partial charge in [-0.2, -0.15) is 0 Å². The summed E-state index contributed by atoms with van der Waals surface area (Å²) in [4.78, 5) is 0. The molecule has 0 spiro atoms. The van der Waals surface area contributed by atoms with Crippen molar-refractivity contribution >= 4 is 0 Å². The monoisotopic (exact) mass is 102 g/mol. The average molecular weight is 102 g/mol. The first-order valence-corrected chi connectivity index (χ1v) is 2.02. The van der Waals surface area contributed by atoms with Crippen LogP contribution in [0.2, 0.25) is 0 Å². The van der Waals surface area contributed by atoms with Crippen molar-refractivity contribution in [3.05, 3.63) is 17.5 Å². The predicted octanol–water partition coefficient (Wildman–Crippen LogP) is 1.10. The molecule has 0 rings (SSSR count). The number of allylic oxidation sites excluding steroid dienone is 1. The van der Waals surface area contributed by atoms with E-state index in [1.54, 1.807) is 6.92 Å². The summed E-state index contributed by atoms with van der Waals surface area (Å²) < 4.78 is 0. The Balaban J connectivity index is 3.35. The summed E-state index contributed by atoms with van der Waals surface area (Å²) in [6.45, 7) is 4.98. The Labute approximate surface area is 42.4 Å². The Morgan fingerprint density at radius 2 is 2.43 bits per heavy atom. The highest BCUT2D eigenvalue weighted by molar-refractivity contribution is 4.87. The van der Waals surface area contributed by atoms with Crippen LogP contribution in [0, 0.1) is 5.21 Å². The topological polar surface area (TPSA) is 46.5 Å². The van der Waals surface area contributed by atoms with Gasteiger partial charge in [-0.15, -0.1) is 0 Å². The minimum absolute atomic E-state index is 0.181. The third kappa shape index (κ3) is 2.19. The molecule has 0 bridgehead atoms. The normalized spacial score (nSPS) is 8.43. The zero-order valence-electron chi connectivity index (χ0n) is 4.22. The van der Waals surface area contributed by atoms with Gasteiger partial charge in [-0.1, -0.05) is 13.5 Å². The average Bonchev–Trinajstić information content (AvgIpc) is 1.65. The van der Waals surface area contributed by atoms with Gasteiger partial charge in [-0.25, -0.2) is 0 Å². The molecule has 0 saturated carbocycles. The second-order valence-electron chi connectivity index (χ2n) is 1.19. The molecule has 0 aliphatic rings. The fourth-order valence-corrected chi connectivity index (χ4v) is 0.135. The highest BCUT2D eigenvalue weighted by Gasteiger charge is 1.83. The molecule has 0 aromatic carbocycles. The fraction of sp³-hybridized carbons (Fsp3) is 0.500. The molecule has 0 aliphatic carbocycles. The summed E-state index contributed by atoms with van der Waals surface area (Å²) in [6.07, 6.45) is 0.486. The molecule has 1 N–H and O–H groups in total. The van der Waals surface area contributed by atoms with Gasteiger partial charge in [0.25, 0.3) is 0 Å². The van der Waals surface area contributed by atoms with E-state index in [9.17, 15) is 5.21 Å². The summed E-state index contributed by atoms with van der Waals surface area (Å²) >= 11 is 0. The second-order valence-corrected chi connectivity index (χ2v) is 1.19. The molecular weight excluding hydrogens is 94.0 g/mol. The van der Waals surface area contributed by atoms with Gasteiger partial charge in [0, 0.05) is 5.70 Å². The van der Waals surface area contributed by atoms with Crippen molar-refractivity contribution in [1.29, 1.82) is 0 Å². The highest BCUT2D eigenvalue weighted by Crippen LogP contribution is 1.97. The molecule has 0 unspecified atom stereocenters. The first-order valence-electron chi connectivity index (χ1n) is 2.02. The van der Waals surface area contributed by atoms with Gasteiger partial charge in [0.05, 0.1) is 0 Å². The fourth-order valence-electron chi connectivity index (χ4n) is 0.135. The molecule has 0 saturated heterocycles. The Hall–Kier alpha value is -0.540. The molecule has 0 heterocycles. The van der Waals surface area contributed by atoms with Crippen LogP contribution in [0.5, 0.6) is 0 Å². The molecule has 7 heavy (non-hydrogen) atoms. The van der Waals surface area contributed by atoms with E-state index in [0.29, 0.717) is 6.42 Å². The summed E-state index contributed by atoms with van der Waals surface area (Å²) in [5.41, 5.74) is 0.181. The molecular formula is C4H8NO2-. The van der Waals surface area contributed by atoms with Crippen molar-refractivity contribution in [3.8, 4) is 0 Å². The van der Waals surface area contributed by atoms with Gasteiger partial charge in [0.2, 0.25) is 0 Å². The molecule has 0 fully saturated rings. The number of hydrogen-bond donors (Lipinski definition) is 1. The molecule has 3 heteroatoms. The minimum Gasteiger partial charge on any atom is -0.734 e. The molecule has 42 valence electrons. The van der Waals surface area contributed by atoms with Gasteiger partial charge in [0.15, 0.2) is 0 Å².